The summed E-state index contributed by atoms with van der Waals surface area (Å²) in [4.78, 5) is 0. The molecule has 120 valence electrons. The van der Waals surface area contributed by atoms with Crippen LogP contribution in [0.2, 0.25) is 0 Å². The highest BCUT2D eigenvalue weighted by atomic mass is 19.1. The van der Waals surface area contributed by atoms with E-state index in [2.05, 4.69) is 12.2 Å². The van der Waals surface area contributed by atoms with Crippen molar-refractivity contribution >= 4 is 0 Å². The Morgan fingerprint density at radius 3 is 2.59 bits per heavy atom. The van der Waals surface area contributed by atoms with Gasteiger partial charge in [-0.1, -0.05) is 43.9 Å². The summed E-state index contributed by atoms with van der Waals surface area (Å²) in [5.74, 6) is 1.81. The molecule has 2 aliphatic rings. The normalized spacial score (nSPS) is 19.2. The first-order valence-corrected chi connectivity index (χ1v) is 8.81. The standard InChI is InChI=1S/C20H27FO/c1-15-18(10-4-9-16-5-2-6-16)11-12-19(20(15)21)22-14-13-17-7-3-8-17/h4,9,11-12,16-17H,2-3,5-8,10,13-14H2,1H3/b9-4+. The van der Waals surface area contributed by atoms with Crippen LogP contribution in [-0.2, 0) is 6.42 Å². The molecule has 2 aliphatic carbocycles. The average molecular weight is 302 g/mol. The molecule has 3 rings (SSSR count). The van der Waals surface area contributed by atoms with Crippen LogP contribution in [0, 0.1) is 24.6 Å². The predicted octanol–water partition coefficient (Wildman–Crippen LogP) is 5.60. The molecule has 0 saturated heterocycles. The molecule has 0 spiro atoms. The van der Waals surface area contributed by atoms with E-state index < -0.39 is 0 Å². The van der Waals surface area contributed by atoms with Gasteiger partial charge in [0.15, 0.2) is 11.6 Å². The fraction of sp³-hybridized carbons (Fsp3) is 0.600. The van der Waals surface area contributed by atoms with Gasteiger partial charge in [-0.3, -0.25) is 0 Å². The van der Waals surface area contributed by atoms with Crippen molar-refractivity contribution in [2.45, 2.75) is 58.3 Å². The minimum atomic E-state index is -0.178. The second-order valence-electron chi connectivity index (χ2n) is 6.92. The first-order valence-electron chi connectivity index (χ1n) is 8.81. The molecule has 0 N–H and O–H groups in total. The zero-order chi connectivity index (χ0) is 15.4. The molecule has 0 atom stereocenters. The summed E-state index contributed by atoms with van der Waals surface area (Å²) in [6, 6.07) is 3.82. The number of hydrogen-bond acceptors (Lipinski definition) is 1. The lowest BCUT2D eigenvalue weighted by molar-refractivity contribution is 0.216. The fourth-order valence-electron chi connectivity index (χ4n) is 3.17. The summed E-state index contributed by atoms with van der Waals surface area (Å²) in [5, 5.41) is 0. The van der Waals surface area contributed by atoms with Crippen LogP contribution in [-0.4, -0.2) is 6.61 Å². The largest absolute Gasteiger partial charge is 0.490 e. The minimum Gasteiger partial charge on any atom is -0.490 e. The molecule has 2 heteroatoms. The van der Waals surface area contributed by atoms with Gasteiger partial charge in [0.25, 0.3) is 0 Å². The first kappa shape index (κ1) is 15.6. The van der Waals surface area contributed by atoms with Crippen molar-refractivity contribution in [2.75, 3.05) is 6.61 Å². The maximum absolute atomic E-state index is 14.4. The molecule has 0 amide bonds. The zero-order valence-electron chi connectivity index (χ0n) is 13.6. The highest BCUT2D eigenvalue weighted by molar-refractivity contribution is 5.37. The second-order valence-corrected chi connectivity index (χ2v) is 6.92. The van der Waals surface area contributed by atoms with Crippen molar-refractivity contribution in [3.8, 4) is 5.75 Å². The van der Waals surface area contributed by atoms with E-state index in [-0.39, 0.29) is 5.82 Å². The molecule has 2 fully saturated rings. The minimum absolute atomic E-state index is 0.178. The highest BCUT2D eigenvalue weighted by Gasteiger charge is 2.18. The van der Waals surface area contributed by atoms with Gasteiger partial charge in [-0.2, -0.15) is 0 Å². The summed E-state index contributed by atoms with van der Waals surface area (Å²) in [5.41, 5.74) is 1.80. The van der Waals surface area contributed by atoms with Gasteiger partial charge in [0.05, 0.1) is 6.61 Å². The fourth-order valence-corrected chi connectivity index (χ4v) is 3.17. The summed E-state index contributed by atoms with van der Waals surface area (Å²) < 4.78 is 20.1. The zero-order valence-corrected chi connectivity index (χ0v) is 13.6. The molecule has 22 heavy (non-hydrogen) atoms. The summed E-state index contributed by atoms with van der Waals surface area (Å²) >= 11 is 0. The van der Waals surface area contributed by atoms with E-state index in [1.54, 1.807) is 6.07 Å². The van der Waals surface area contributed by atoms with E-state index in [9.17, 15) is 4.39 Å². The quantitative estimate of drug-likeness (QED) is 0.595. The van der Waals surface area contributed by atoms with Crippen LogP contribution in [0.15, 0.2) is 24.3 Å². The van der Waals surface area contributed by atoms with Gasteiger partial charge in [-0.05, 0) is 61.6 Å². The van der Waals surface area contributed by atoms with Gasteiger partial charge in [-0.25, -0.2) is 4.39 Å². The lowest BCUT2D eigenvalue weighted by Crippen LogP contribution is -2.14. The Morgan fingerprint density at radius 1 is 1.18 bits per heavy atom. The van der Waals surface area contributed by atoms with Gasteiger partial charge in [0, 0.05) is 0 Å². The van der Waals surface area contributed by atoms with Gasteiger partial charge in [0.2, 0.25) is 0 Å². The molecule has 1 nitrogen and oxygen atoms in total. The summed E-state index contributed by atoms with van der Waals surface area (Å²) in [7, 11) is 0. The van der Waals surface area contributed by atoms with Gasteiger partial charge in [-0.15, -0.1) is 0 Å². The molecule has 0 aliphatic heterocycles. The Morgan fingerprint density at radius 2 is 1.95 bits per heavy atom. The van der Waals surface area contributed by atoms with Gasteiger partial charge < -0.3 is 4.74 Å². The van der Waals surface area contributed by atoms with E-state index in [0.29, 0.717) is 12.4 Å². The molecule has 2 saturated carbocycles. The van der Waals surface area contributed by atoms with Crippen LogP contribution < -0.4 is 4.74 Å². The second kappa shape index (κ2) is 7.30. The van der Waals surface area contributed by atoms with Crippen LogP contribution in [0.5, 0.6) is 5.75 Å². The van der Waals surface area contributed by atoms with Crippen molar-refractivity contribution in [3.63, 3.8) is 0 Å². The number of rotatable bonds is 7. The monoisotopic (exact) mass is 302 g/mol. The Kier molecular flexibility index (Phi) is 5.17. The Bertz CT molecular complexity index is 527. The Balaban J connectivity index is 1.53. The van der Waals surface area contributed by atoms with E-state index in [4.69, 9.17) is 4.74 Å². The van der Waals surface area contributed by atoms with E-state index in [0.717, 1.165) is 35.8 Å². The van der Waals surface area contributed by atoms with E-state index >= 15 is 0 Å². The van der Waals surface area contributed by atoms with Crippen LogP contribution >= 0.6 is 0 Å². The number of benzene rings is 1. The van der Waals surface area contributed by atoms with Crippen LogP contribution in [0.3, 0.4) is 0 Å². The molecule has 1 aromatic rings. The average Bonchev–Trinajstić information content (AvgIpc) is 2.42. The molecule has 0 heterocycles. The third-order valence-electron chi connectivity index (χ3n) is 5.37. The first-order chi connectivity index (χ1) is 10.7. The summed E-state index contributed by atoms with van der Waals surface area (Å²) in [6.07, 6.45) is 14.3. The van der Waals surface area contributed by atoms with Gasteiger partial charge >= 0.3 is 0 Å². The van der Waals surface area contributed by atoms with Gasteiger partial charge in [0.1, 0.15) is 0 Å². The summed E-state index contributed by atoms with van der Waals surface area (Å²) in [6.45, 7) is 2.50. The molecule has 0 unspecified atom stereocenters. The lowest BCUT2D eigenvalue weighted by atomic mass is 9.83. The SMILES string of the molecule is Cc1c(C/C=C/C2CCC2)ccc(OCCC2CCC2)c1F. The van der Waals surface area contributed by atoms with Crippen molar-refractivity contribution in [1.29, 1.82) is 0 Å². The van der Waals surface area contributed by atoms with Crippen LogP contribution in [0.4, 0.5) is 4.39 Å². The third kappa shape index (κ3) is 3.71. The maximum atomic E-state index is 14.4. The van der Waals surface area contributed by atoms with Crippen LogP contribution in [0.25, 0.3) is 0 Å². The smallest absolute Gasteiger partial charge is 0.168 e. The topological polar surface area (TPSA) is 9.23 Å². The van der Waals surface area contributed by atoms with E-state index in [1.165, 1.54) is 38.5 Å². The van der Waals surface area contributed by atoms with Crippen molar-refractivity contribution in [1.82, 2.24) is 0 Å². The highest BCUT2D eigenvalue weighted by Crippen LogP contribution is 2.30. The molecular formula is C20H27FO. The number of ether oxygens (including phenoxy) is 1. The van der Waals surface area contributed by atoms with Crippen LogP contribution in [0.1, 0.15) is 56.1 Å². The third-order valence-corrected chi connectivity index (χ3v) is 5.37. The van der Waals surface area contributed by atoms with Crippen molar-refractivity contribution < 1.29 is 9.13 Å². The maximum Gasteiger partial charge on any atom is 0.168 e. The molecular weight excluding hydrogens is 275 g/mol. The Labute approximate surface area is 133 Å². The predicted molar refractivity (Wildman–Crippen MR) is 88.8 cm³/mol. The molecule has 1 aromatic carbocycles. The number of allylic oxidation sites excluding steroid dienone is 2. The molecule has 0 aromatic heterocycles. The van der Waals surface area contributed by atoms with Crippen molar-refractivity contribution in [2.24, 2.45) is 11.8 Å². The lowest BCUT2D eigenvalue weighted by Gasteiger charge is -2.25. The Hall–Kier alpha value is -1.31. The number of halogens is 1. The van der Waals surface area contributed by atoms with Crippen molar-refractivity contribution in [3.05, 3.63) is 41.2 Å². The number of hydrogen-bond donors (Lipinski definition) is 0. The molecule has 0 radical (unpaired) electrons. The molecule has 0 bridgehead atoms. The van der Waals surface area contributed by atoms with E-state index in [1.807, 2.05) is 13.0 Å².